The Kier molecular flexibility index (Phi) is 5.65. The number of hydrogen-bond donors (Lipinski definition) is 3. The minimum Gasteiger partial charge on any atom is -0.480 e. The minimum absolute atomic E-state index is 0.0468. The molecule has 0 bridgehead atoms. The van der Waals surface area contributed by atoms with Gasteiger partial charge in [0.1, 0.15) is 5.75 Å². The molecule has 1 aromatic heterocycles. The van der Waals surface area contributed by atoms with Crippen LogP contribution in [0.4, 0.5) is 5.69 Å². The van der Waals surface area contributed by atoms with Crippen molar-refractivity contribution >= 4 is 39.0 Å². The van der Waals surface area contributed by atoms with E-state index in [0.717, 1.165) is 11.3 Å². The van der Waals surface area contributed by atoms with Crippen LogP contribution in [0, 0.1) is 0 Å². The second-order valence-electron chi connectivity index (χ2n) is 4.88. The van der Waals surface area contributed by atoms with Gasteiger partial charge in [-0.1, -0.05) is 12.1 Å². The standard InChI is InChI=1S/C15H15NO7S2/c1-2-25(21,22)16-10-5-3-4-9(6-10)12-7-11(23-8-13(17)18)14(24-12)15(19)20/h3-7,16H,2,8H2,1H3,(H,17,18)(H,19,20). The van der Waals surface area contributed by atoms with Crippen LogP contribution >= 0.6 is 11.3 Å². The van der Waals surface area contributed by atoms with Crippen molar-refractivity contribution in [3.8, 4) is 16.2 Å². The fourth-order valence-corrected chi connectivity index (χ4v) is 3.47. The van der Waals surface area contributed by atoms with Crippen LogP contribution in [0.25, 0.3) is 10.4 Å². The van der Waals surface area contributed by atoms with Gasteiger partial charge < -0.3 is 14.9 Å². The molecule has 0 saturated heterocycles. The first-order valence-electron chi connectivity index (χ1n) is 7.04. The first kappa shape index (κ1) is 18.7. The zero-order valence-corrected chi connectivity index (χ0v) is 14.7. The largest absolute Gasteiger partial charge is 0.480 e. The average molecular weight is 385 g/mol. The first-order chi connectivity index (χ1) is 11.7. The van der Waals surface area contributed by atoms with Crippen LogP contribution in [0.1, 0.15) is 16.6 Å². The van der Waals surface area contributed by atoms with Crippen LogP contribution < -0.4 is 9.46 Å². The third-order valence-electron chi connectivity index (χ3n) is 3.04. The summed E-state index contributed by atoms with van der Waals surface area (Å²) in [6.45, 7) is 0.851. The number of rotatable bonds is 8. The van der Waals surface area contributed by atoms with Crippen molar-refractivity contribution in [3.05, 3.63) is 35.2 Å². The number of hydrogen-bond acceptors (Lipinski definition) is 6. The molecule has 0 unspecified atom stereocenters. The summed E-state index contributed by atoms with van der Waals surface area (Å²) in [5.74, 6) is -2.58. The van der Waals surface area contributed by atoms with Gasteiger partial charge in [-0.05, 0) is 30.7 Å². The van der Waals surface area contributed by atoms with E-state index in [9.17, 15) is 23.1 Å². The van der Waals surface area contributed by atoms with E-state index in [4.69, 9.17) is 9.84 Å². The molecular formula is C15H15NO7S2. The lowest BCUT2D eigenvalue weighted by atomic mass is 10.1. The second-order valence-corrected chi connectivity index (χ2v) is 7.94. The molecule has 0 amide bonds. The molecule has 3 N–H and O–H groups in total. The maximum atomic E-state index is 11.7. The van der Waals surface area contributed by atoms with Gasteiger partial charge in [0.25, 0.3) is 0 Å². The van der Waals surface area contributed by atoms with Gasteiger partial charge in [0.2, 0.25) is 10.0 Å². The minimum atomic E-state index is -3.44. The van der Waals surface area contributed by atoms with E-state index in [1.807, 2.05) is 0 Å². The molecule has 2 rings (SSSR count). The number of aromatic carboxylic acids is 1. The molecule has 10 heteroatoms. The summed E-state index contributed by atoms with van der Waals surface area (Å²) < 4.78 is 30.7. The van der Waals surface area contributed by atoms with Crippen molar-refractivity contribution in [2.75, 3.05) is 17.1 Å². The van der Waals surface area contributed by atoms with Crippen molar-refractivity contribution in [3.63, 3.8) is 0 Å². The zero-order valence-electron chi connectivity index (χ0n) is 13.1. The smallest absolute Gasteiger partial charge is 0.349 e. The van der Waals surface area contributed by atoms with E-state index in [-0.39, 0.29) is 16.4 Å². The van der Waals surface area contributed by atoms with Gasteiger partial charge in [0.05, 0.1) is 5.75 Å². The number of ether oxygens (including phenoxy) is 1. The molecule has 2 aromatic rings. The normalized spacial score (nSPS) is 11.1. The molecule has 1 heterocycles. The van der Waals surface area contributed by atoms with E-state index in [2.05, 4.69) is 4.72 Å². The summed E-state index contributed by atoms with van der Waals surface area (Å²) in [6.07, 6.45) is 0. The number of carboxylic acids is 2. The molecule has 8 nitrogen and oxygen atoms in total. The van der Waals surface area contributed by atoms with Crippen molar-refractivity contribution in [2.45, 2.75) is 6.92 Å². The molecule has 25 heavy (non-hydrogen) atoms. The van der Waals surface area contributed by atoms with Crippen molar-refractivity contribution < 1.29 is 33.0 Å². The maximum absolute atomic E-state index is 11.7. The van der Waals surface area contributed by atoms with Crippen LogP contribution in [0.3, 0.4) is 0 Å². The van der Waals surface area contributed by atoms with Crippen molar-refractivity contribution in [2.24, 2.45) is 0 Å². The Morgan fingerprint density at radius 1 is 1.24 bits per heavy atom. The van der Waals surface area contributed by atoms with Crippen LogP contribution in [0.5, 0.6) is 5.75 Å². The summed E-state index contributed by atoms with van der Waals surface area (Å²) in [7, 11) is -3.44. The monoisotopic (exact) mass is 385 g/mol. The third-order valence-corrected chi connectivity index (χ3v) is 5.50. The molecule has 0 aliphatic rings. The Balaban J connectivity index is 2.36. The predicted molar refractivity (Wildman–Crippen MR) is 92.9 cm³/mol. The lowest BCUT2D eigenvalue weighted by Crippen LogP contribution is -2.14. The average Bonchev–Trinajstić information content (AvgIpc) is 2.97. The Morgan fingerprint density at radius 2 is 1.96 bits per heavy atom. The molecule has 0 radical (unpaired) electrons. The topological polar surface area (TPSA) is 130 Å². The highest BCUT2D eigenvalue weighted by Crippen LogP contribution is 2.37. The van der Waals surface area contributed by atoms with Gasteiger partial charge in [0, 0.05) is 10.6 Å². The van der Waals surface area contributed by atoms with E-state index in [1.54, 1.807) is 24.3 Å². The van der Waals surface area contributed by atoms with Crippen LogP contribution in [0.2, 0.25) is 0 Å². The lowest BCUT2D eigenvalue weighted by molar-refractivity contribution is -0.139. The van der Waals surface area contributed by atoms with E-state index in [0.29, 0.717) is 16.1 Å². The van der Waals surface area contributed by atoms with Crippen molar-refractivity contribution in [1.29, 1.82) is 0 Å². The lowest BCUT2D eigenvalue weighted by Gasteiger charge is -2.07. The molecule has 134 valence electrons. The number of nitrogens with one attached hydrogen (secondary N) is 1. The maximum Gasteiger partial charge on any atom is 0.349 e. The molecule has 0 fully saturated rings. The van der Waals surface area contributed by atoms with Gasteiger partial charge in [-0.2, -0.15) is 0 Å². The third kappa shape index (κ3) is 4.94. The Labute approximate surface area is 147 Å². The molecule has 0 aliphatic carbocycles. The zero-order chi connectivity index (χ0) is 18.6. The van der Waals surface area contributed by atoms with E-state index >= 15 is 0 Å². The molecule has 0 spiro atoms. The Bertz CT molecular complexity index is 902. The Hall–Kier alpha value is -2.59. The number of carbonyl (C=O) groups is 2. The fourth-order valence-electron chi connectivity index (χ4n) is 1.90. The number of carboxylic acid groups (broad SMARTS) is 2. The highest BCUT2D eigenvalue weighted by molar-refractivity contribution is 7.92. The highest BCUT2D eigenvalue weighted by Gasteiger charge is 2.19. The molecular weight excluding hydrogens is 370 g/mol. The summed E-state index contributed by atoms with van der Waals surface area (Å²) in [4.78, 5) is 22.3. The second kappa shape index (κ2) is 7.53. The molecule has 0 aliphatic heterocycles. The summed E-state index contributed by atoms with van der Waals surface area (Å²) in [5, 5.41) is 17.9. The highest BCUT2D eigenvalue weighted by atomic mass is 32.2. The van der Waals surface area contributed by atoms with Gasteiger partial charge in [0.15, 0.2) is 11.5 Å². The number of sulfonamides is 1. The molecule has 1 aromatic carbocycles. The summed E-state index contributed by atoms with van der Waals surface area (Å²) in [5.41, 5.74) is 0.923. The van der Waals surface area contributed by atoms with E-state index < -0.39 is 28.6 Å². The van der Waals surface area contributed by atoms with Crippen LogP contribution in [-0.4, -0.2) is 42.9 Å². The van der Waals surface area contributed by atoms with Gasteiger partial charge >= 0.3 is 11.9 Å². The van der Waals surface area contributed by atoms with Gasteiger partial charge in [-0.25, -0.2) is 18.0 Å². The molecule has 0 saturated carbocycles. The Morgan fingerprint density at radius 3 is 2.56 bits per heavy atom. The van der Waals surface area contributed by atoms with Crippen molar-refractivity contribution in [1.82, 2.24) is 0 Å². The van der Waals surface area contributed by atoms with Crippen LogP contribution in [0.15, 0.2) is 30.3 Å². The fraction of sp³-hybridized carbons (Fsp3) is 0.200. The van der Waals surface area contributed by atoms with E-state index in [1.165, 1.54) is 13.0 Å². The first-order valence-corrected chi connectivity index (χ1v) is 9.51. The van der Waals surface area contributed by atoms with Gasteiger partial charge in [-0.3, -0.25) is 4.72 Å². The SMILES string of the molecule is CCS(=O)(=O)Nc1cccc(-c2cc(OCC(=O)O)c(C(=O)O)s2)c1. The molecule has 0 atom stereocenters. The number of thiophene rings is 1. The number of benzene rings is 1. The quantitative estimate of drug-likeness (QED) is 0.636. The van der Waals surface area contributed by atoms with Gasteiger partial charge in [-0.15, -0.1) is 11.3 Å². The van der Waals surface area contributed by atoms with Crippen LogP contribution in [-0.2, 0) is 14.8 Å². The number of anilines is 1. The number of aliphatic carboxylic acids is 1. The predicted octanol–water partition coefficient (Wildman–Crippen LogP) is 2.34. The summed E-state index contributed by atoms with van der Waals surface area (Å²) in [6, 6.07) is 7.86. The summed E-state index contributed by atoms with van der Waals surface area (Å²) >= 11 is 0.910.